The summed E-state index contributed by atoms with van der Waals surface area (Å²) in [6, 6.07) is 12.7. The summed E-state index contributed by atoms with van der Waals surface area (Å²) in [5.41, 5.74) is 1.82. The van der Waals surface area contributed by atoms with Crippen LogP contribution in [0.2, 0.25) is 0 Å². The average Bonchev–Trinajstić information content (AvgIpc) is 2.39. The Hall–Kier alpha value is -1.81. The van der Waals surface area contributed by atoms with Crippen molar-refractivity contribution in [1.29, 1.82) is 0 Å². The number of benzene rings is 2. The summed E-state index contributed by atoms with van der Waals surface area (Å²) in [4.78, 5) is 11.3. The molecular weight excluding hydrogens is 320 g/mol. The van der Waals surface area contributed by atoms with E-state index in [1.807, 2.05) is 44.2 Å². The Morgan fingerprint density at radius 3 is 2.35 bits per heavy atom. The Bertz CT molecular complexity index is 618. The molecule has 0 unspecified atom stereocenters. The molecule has 0 atom stereocenters. The summed E-state index contributed by atoms with van der Waals surface area (Å²) < 4.78 is 6.33. The van der Waals surface area contributed by atoms with E-state index >= 15 is 0 Å². The lowest BCUT2D eigenvalue weighted by Crippen LogP contribution is -2.05. The highest BCUT2D eigenvalue weighted by Gasteiger charge is 2.12. The van der Waals surface area contributed by atoms with Crippen LogP contribution in [0.5, 0.6) is 5.75 Å². The summed E-state index contributed by atoms with van der Waals surface area (Å²) in [7, 11) is 0. The Labute approximate surface area is 126 Å². The van der Waals surface area contributed by atoms with Crippen molar-refractivity contribution in [2.45, 2.75) is 20.0 Å². The van der Waals surface area contributed by atoms with Crippen LogP contribution in [0.3, 0.4) is 0 Å². The monoisotopic (exact) mass is 334 g/mol. The van der Waals surface area contributed by atoms with Gasteiger partial charge in [0.25, 0.3) is 0 Å². The molecule has 2 rings (SSSR count). The molecule has 0 saturated heterocycles. The van der Waals surface area contributed by atoms with E-state index in [2.05, 4.69) is 15.9 Å². The fourth-order valence-electron chi connectivity index (χ4n) is 1.93. The molecule has 3 nitrogen and oxygen atoms in total. The Morgan fingerprint density at radius 1 is 1.15 bits per heavy atom. The number of carbonyl (C=O) groups is 1. The summed E-state index contributed by atoms with van der Waals surface area (Å²) >= 11 is 3.29. The lowest BCUT2D eigenvalue weighted by molar-refractivity contribution is 0.0697. The lowest BCUT2D eigenvalue weighted by Gasteiger charge is -2.11. The van der Waals surface area contributed by atoms with Gasteiger partial charge in [-0.3, -0.25) is 0 Å². The number of hydrogen-bond donors (Lipinski definition) is 1. The van der Waals surface area contributed by atoms with Gasteiger partial charge in [0.15, 0.2) is 0 Å². The molecule has 0 aliphatic heterocycles. The normalized spacial score (nSPS) is 10.6. The first-order valence-corrected chi connectivity index (χ1v) is 7.06. The van der Waals surface area contributed by atoms with Crippen LogP contribution in [-0.4, -0.2) is 17.2 Å². The van der Waals surface area contributed by atoms with E-state index in [0.717, 1.165) is 15.8 Å². The molecule has 2 aromatic rings. The van der Waals surface area contributed by atoms with Gasteiger partial charge in [0, 0.05) is 4.47 Å². The number of aromatic carboxylic acids is 1. The van der Waals surface area contributed by atoms with Crippen LogP contribution in [0, 0.1) is 0 Å². The second kappa shape index (κ2) is 6.09. The van der Waals surface area contributed by atoms with Gasteiger partial charge in [0.1, 0.15) is 5.75 Å². The number of ether oxygens (including phenoxy) is 1. The van der Waals surface area contributed by atoms with Crippen LogP contribution >= 0.6 is 15.9 Å². The molecule has 0 bridgehead atoms. The minimum Gasteiger partial charge on any atom is -0.491 e. The van der Waals surface area contributed by atoms with Crippen LogP contribution in [0.15, 0.2) is 46.9 Å². The van der Waals surface area contributed by atoms with E-state index in [1.165, 1.54) is 0 Å². The fraction of sp³-hybridized carbons (Fsp3) is 0.188. The third-order valence-corrected chi connectivity index (χ3v) is 3.24. The van der Waals surface area contributed by atoms with E-state index in [1.54, 1.807) is 12.1 Å². The van der Waals surface area contributed by atoms with Crippen molar-refractivity contribution in [2.24, 2.45) is 0 Å². The van der Waals surface area contributed by atoms with Crippen molar-refractivity contribution < 1.29 is 14.6 Å². The number of hydrogen-bond acceptors (Lipinski definition) is 2. The number of carboxylic acid groups (broad SMARTS) is 1. The molecule has 0 amide bonds. The number of rotatable bonds is 4. The lowest BCUT2D eigenvalue weighted by atomic mass is 10.00. The van der Waals surface area contributed by atoms with Crippen molar-refractivity contribution in [3.63, 3.8) is 0 Å². The maximum atomic E-state index is 11.3. The zero-order chi connectivity index (χ0) is 14.7. The first-order chi connectivity index (χ1) is 9.47. The average molecular weight is 335 g/mol. The van der Waals surface area contributed by atoms with Crippen molar-refractivity contribution in [1.82, 2.24) is 0 Å². The predicted molar refractivity (Wildman–Crippen MR) is 82.3 cm³/mol. The van der Waals surface area contributed by atoms with Gasteiger partial charge in [-0.2, -0.15) is 0 Å². The topological polar surface area (TPSA) is 46.5 Å². The molecule has 20 heavy (non-hydrogen) atoms. The smallest absolute Gasteiger partial charge is 0.336 e. The molecule has 4 heteroatoms. The van der Waals surface area contributed by atoms with Crippen LogP contribution in [0.25, 0.3) is 11.1 Å². The predicted octanol–water partition coefficient (Wildman–Crippen LogP) is 4.60. The molecule has 104 valence electrons. The second-order valence-corrected chi connectivity index (χ2v) is 5.60. The van der Waals surface area contributed by atoms with Gasteiger partial charge < -0.3 is 9.84 Å². The standard InChI is InChI=1S/C16H15BrO3/c1-10(2)20-13-6-3-11(4-7-13)14-8-5-12(17)9-15(14)16(18)19/h3-10H,1-2H3,(H,18,19). The third-order valence-electron chi connectivity index (χ3n) is 2.75. The molecule has 0 fully saturated rings. The molecule has 0 heterocycles. The van der Waals surface area contributed by atoms with Gasteiger partial charge in [-0.05, 0) is 49.2 Å². The fourth-order valence-corrected chi connectivity index (χ4v) is 2.29. The molecule has 0 aliphatic rings. The van der Waals surface area contributed by atoms with Crippen LogP contribution in [0.4, 0.5) is 0 Å². The summed E-state index contributed by atoms with van der Waals surface area (Å²) in [5, 5.41) is 9.28. The van der Waals surface area contributed by atoms with E-state index in [4.69, 9.17) is 4.74 Å². The number of carboxylic acids is 1. The molecule has 2 aromatic carbocycles. The van der Waals surface area contributed by atoms with Gasteiger partial charge in [-0.1, -0.05) is 34.1 Å². The van der Waals surface area contributed by atoms with Gasteiger partial charge in [-0.25, -0.2) is 4.79 Å². The van der Waals surface area contributed by atoms with Crippen LogP contribution in [0.1, 0.15) is 24.2 Å². The SMILES string of the molecule is CC(C)Oc1ccc(-c2ccc(Br)cc2C(=O)O)cc1. The van der Waals surface area contributed by atoms with Crippen LogP contribution in [-0.2, 0) is 0 Å². The molecule has 0 saturated carbocycles. The highest BCUT2D eigenvalue weighted by atomic mass is 79.9. The summed E-state index contributed by atoms with van der Waals surface area (Å²) in [5.74, 6) is -0.165. The Kier molecular flexibility index (Phi) is 4.45. The highest BCUT2D eigenvalue weighted by Crippen LogP contribution is 2.28. The zero-order valence-electron chi connectivity index (χ0n) is 11.3. The molecule has 0 aliphatic carbocycles. The Morgan fingerprint density at radius 2 is 1.80 bits per heavy atom. The van der Waals surface area contributed by atoms with Crippen molar-refractivity contribution in [3.05, 3.63) is 52.5 Å². The Balaban J connectivity index is 2.39. The summed E-state index contributed by atoms with van der Waals surface area (Å²) in [6.45, 7) is 3.93. The molecular formula is C16H15BrO3. The third kappa shape index (κ3) is 3.39. The summed E-state index contributed by atoms with van der Waals surface area (Å²) in [6.07, 6.45) is 0.114. The van der Waals surface area contributed by atoms with E-state index in [0.29, 0.717) is 5.56 Å². The molecule has 0 aromatic heterocycles. The van der Waals surface area contributed by atoms with Gasteiger partial charge in [0.2, 0.25) is 0 Å². The van der Waals surface area contributed by atoms with E-state index in [-0.39, 0.29) is 11.7 Å². The van der Waals surface area contributed by atoms with E-state index in [9.17, 15) is 9.90 Å². The van der Waals surface area contributed by atoms with E-state index < -0.39 is 5.97 Å². The van der Waals surface area contributed by atoms with Crippen molar-refractivity contribution >= 4 is 21.9 Å². The zero-order valence-corrected chi connectivity index (χ0v) is 12.8. The largest absolute Gasteiger partial charge is 0.491 e. The van der Waals surface area contributed by atoms with Crippen molar-refractivity contribution in [2.75, 3.05) is 0 Å². The van der Waals surface area contributed by atoms with Gasteiger partial charge in [0.05, 0.1) is 11.7 Å². The van der Waals surface area contributed by atoms with Gasteiger partial charge in [-0.15, -0.1) is 0 Å². The minimum absolute atomic E-state index is 0.114. The maximum Gasteiger partial charge on any atom is 0.336 e. The molecule has 0 spiro atoms. The quantitative estimate of drug-likeness (QED) is 0.888. The number of halogens is 1. The second-order valence-electron chi connectivity index (χ2n) is 4.69. The van der Waals surface area contributed by atoms with Crippen molar-refractivity contribution in [3.8, 4) is 16.9 Å². The van der Waals surface area contributed by atoms with Gasteiger partial charge >= 0.3 is 5.97 Å². The highest BCUT2D eigenvalue weighted by molar-refractivity contribution is 9.10. The first kappa shape index (κ1) is 14.6. The first-order valence-electron chi connectivity index (χ1n) is 6.27. The minimum atomic E-state index is -0.941. The maximum absolute atomic E-state index is 11.3. The molecule has 0 radical (unpaired) electrons. The molecule has 1 N–H and O–H groups in total. The van der Waals surface area contributed by atoms with Crippen LogP contribution < -0.4 is 4.74 Å².